The van der Waals surface area contributed by atoms with Crippen LogP contribution in [0.2, 0.25) is 0 Å². The molecule has 2 aromatic rings. The van der Waals surface area contributed by atoms with Gasteiger partial charge in [-0.05, 0) is 43.0 Å². The first-order chi connectivity index (χ1) is 13.7. The van der Waals surface area contributed by atoms with Gasteiger partial charge in [0, 0.05) is 55.2 Å². The molecule has 5 heteroatoms. The van der Waals surface area contributed by atoms with Gasteiger partial charge in [-0.15, -0.1) is 0 Å². The van der Waals surface area contributed by atoms with E-state index in [0.29, 0.717) is 12.0 Å². The molecule has 148 valence electrons. The van der Waals surface area contributed by atoms with Gasteiger partial charge in [-0.1, -0.05) is 18.2 Å². The second-order valence-corrected chi connectivity index (χ2v) is 8.36. The predicted molar refractivity (Wildman–Crippen MR) is 111 cm³/mol. The number of H-pyrrole nitrogens is 1. The van der Waals surface area contributed by atoms with Crippen LogP contribution in [0.4, 0.5) is 0 Å². The summed E-state index contributed by atoms with van der Waals surface area (Å²) in [6.45, 7) is 9.20. The molecular weight excluding hydrogens is 350 g/mol. The molecule has 3 aliphatic rings. The second-order valence-electron chi connectivity index (χ2n) is 8.36. The van der Waals surface area contributed by atoms with Crippen LogP contribution >= 0.6 is 0 Å². The monoisotopic (exact) mass is 379 g/mol. The number of nitrogens with one attached hydrogen (secondary N) is 1. The Morgan fingerprint density at radius 3 is 2.82 bits per heavy atom. The van der Waals surface area contributed by atoms with Gasteiger partial charge in [0.2, 0.25) is 5.91 Å². The highest BCUT2D eigenvalue weighted by atomic mass is 16.5. The van der Waals surface area contributed by atoms with Crippen LogP contribution in [0.5, 0.6) is 0 Å². The lowest BCUT2D eigenvalue weighted by molar-refractivity contribution is -0.134. The minimum absolute atomic E-state index is 0.0668. The molecule has 1 amide bonds. The highest BCUT2D eigenvalue weighted by Crippen LogP contribution is 2.41. The van der Waals surface area contributed by atoms with E-state index in [-0.39, 0.29) is 11.8 Å². The van der Waals surface area contributed by atoms with Crippen molar-refractivity contribution < 1.29 is 9.53 Å². The average molecular weight is 380 g/mol. The predicted octanol–water partition coefficient (Wildman–Crippen LogP) is 2.92. The molecule has 0 unspecified atom stereocenters. The zero-order valence-electron chi connectivity index (χ0n) is 16.8. The summed E-state index contributed by atoms with van der Waals surface area (Å²) in [6, 6.07) is 6.86. The fraction of sp³-hybridized carbons (Fsp3) is 0.522. The molecule has 0 radical (unpaired) electrons. The maximum atomic E-state index is 13.2. The van der Waals surface area contributed by atoms with Crippen molar-refractivity contribution in [1.29, 1.82) is 0 Å². The standard InChI is InChI=1S/C23H29N3O2/c1-3-25(4-2)23(27)17-8-19-18-6-5-7-20-22(18)16(10-24-20)9-21(19)26(12-17)11-15-13-28-14-15/h5-8,10,15,17,21,24H,3-4,9,11-14H2,1-2H3/t17-,21-/m1/s1. The Morgan fingerprint density at radius 2 is 2.11 bits per heavy atom. The van der Waals surface area contributed by atoms with Gasteiger partial charge in [0.15, 0.2) is 0 Å². The van der Waals surface area contributed by atoms with Crippen LogP contribution in [-0.4, -0.2) is 66.1 Å². The van der Waals surface area contributed by atoms with E-state index < -0.39 is 0 Å². The molecule has 0 saturated carbocycles. The number of fused-ring (bicyclic) bond motifs is 2. The van der Waals surface area contributed by atoms with Gasteiger partial charge in [0.1, 0.15) is 0 Å². The largest absolute Gasteiger partial charge is 0.381 e. The smallest absolute Gasteiger partial charge is 0.230 e. The van der Waals surface area contributed by atoms with Crippen LogP contribution < -0.4 is 0 Å². The van der Waals surface area contributed by atoms with Crippen LogP contribution in [-0.2, 0) is 16.0 Å². The SMILES string of the molecule is CCN(CC)C(=O)[C@@H]1C=C2c3cccc4[nH]cc(c34)C[C@H]2N(CC2COC2)C1. The number of benzene rings is 1. The Morgan fingerprint density at radius 1 is 1.29 bits per heavy atom. The molecule has 3 heterocycles. The van der Waals surface area contributed by atoms with Crippen LogP contribution in [0.15, 0.2) is 30.5 Å². The Bertz CT molecular complexity index is 923. The van der Waals surface area contributed by atoms with Crippen molar-refractivity contribution in [2.24, 2.45) is 11.8 Å². The van der Waals surface area contributed by atoms with Gasteiger partial charge in [-0.3, -0.25) is 9.69 Å². The van der Waals surface area contributed by atoms with Crippen LogP contribution in [0.1, 0.15) is 25.0 Å². The number of aromatic nitrogens is 1. The lowest BCUT2D eigenvalue weighted by atomic mass is 9.79. The summed E-state index contributed by atoms with van der Waals surface area (Å²) in [5.41, 5.74) is 5.24. The Kier molecular flexibility index (Phi) is 4.52. The third-order valence-corrected chi connectivity index (χ3v) is 6.72. The highest BCUT2D eigenvalue weighted by molar-refractivity contribution is 5.99. The molecular formula is C23H29N3O2. The van der Waals surface area contributed by atoms with E-state index in [4.69, 9.17) is 4.74 Å². The number of carbonyl (C=O) groups excluding carboxylic acids is 1. The molecule has 1 aromatic carbocycles. The topological polar surface area (TPSA) is 48.6 Å². The maximum absolute atomic E-state index is 13.2. The van der Waals surface area contributed by atoms with E-state index in [1.807, 2.05) is 4.90 Å². The maximum Gasteiger partial charge on any atom is 0.230 e. The summed E-state index contributed by atoms with van der Waals surface area (Å²) >= 11 is 0. The Hall–Kier alpha value is -2.11. The van der Waals surface area contributed by atoms with Crippen LogP contribution in [0.25, 0.3) is 16.5 Å². The number of nitrogens with zero attached hydrogens (tertiary/aromatic N) is 2. The molecule has 1 aliphatic carbocycles. The molecule has 2 aliphatic heterocycles. The van der Waals surface area contributed by atoms with Gasteiger partial charge in [0.05, 0.1) is 19.1 Å². The first-order valence-electron chi connectivity index (χ1n) is 10.6. The molecule has 5 nitrogen and oxygen atoms in total. The highest BCUT2D eigenvalue weighted by Gasteiger charge is 2.39. The summed E-state index contributed by atoms with van der Waals surface area (Å²) in [5, 5.41) is 1.34. The average Bonchev–Trinajstić information content (AvgIpc) is 3.10. The number of hydrogen-bond donors (Lipinski definition) is 1. The lowest BCUT2D eigenvalue weighted by Gasteiger charge is -2.44. The molecule has 1 saturated heterocycles. The third-order valence-electron chi connectivity index (χ3n) is 6.72. The summed E-state index contributed by atoms with van der Waals surface area (Å²) < 4.78 is 5.43. The summed E-state index contributed by atoms with van der Waals surface area (Å²) in [6.07, 6.45) is 5.47. The summed E-state index contributed by atoms with van der Waals surface area (Å²) in [4.78, 5) is 21.2. The van der Waals surface area contributed by atoms with Crippen molar-refractivity contribution in [3.05, 3.63) is 41.6 Å². The van der Waals surface area contributed by atoms with Crippen molar-refractivity contribution in [3.8, 4) is 0 Å². The van der Waals surface area contributed by atoms with Gasteiger partial charge in [-0.2, -0.15) is 0 Å². The fourth-order valence-electron chi connectivity index (χ4n) is 5.17. The quantitative estimate of drug-likeness (QED) is 0.869. The van der Waals surface area contributed by atoms with Crippen molar-refractivity contribution >= 4 is 22.4 Å². The minimum atomic E-state index is -0.0668. The van der Waals surface area contributed by atoms with Gasteiger partial charge in [-0.25, -0.2) is 0 Å². The molecule has 0 spiro atoms. The zero-order valence-corrected chi connectivity index (χ0v) is 16.8. The fourth-order valence-corrected chi connectivity index (χ4v) is 5.17. The summed E-state index contributed by atoms with van der Waals surface area (Å²) in [7, 11) is 0. The van der Waals surface area contributed by atoms with Crippen molar-refractivity contribution in [1.82, 2.24) is 14.8 Å². The van der Waals surface area contributed by atoms with E-state index in [1.165, 1.54) is 27.6 Å². The van der Waals surface area contributed by atoms with Crippen molar-refractivity contribution in [2.45, 2.75) is 26.3 Å². The Labute approximate surface area is 166 Å². The number of hydrogen-bond acceptors (Lipinski definition) is 3. The molecule has 0 bridgehead atoms. The van der Waals surface area contributed by atoms with E-state index in [1.54, 1.807) is 0 Å². The van der Waals surface area contributed by atoms with Crippen molar-refractivity contribution in [2.75, 3.05) is 39.4 Å². The number of rotatable bonds is 5. The molecule has 1 N–H and O–H groups in total. The normalized spacial score (nSPS) is 24.6. The summed E-state index contributed by atoms with van der Waals surface area (Å²) in [5.74, 6) is 0.785. The lowest BCUT2D eigenvalue weighted by Crippen LogP contribution is -2.52. The number of aromatic amines is 1. The first kappa shape index (κ1) is 18.0. The minimum Gasteiger partial charge on any atom is -0.381 e. The number of carbonyl (C=O) groups is 1. The van der Waals surface area contributed by atoms with Crippen molar-refractivity contribution in [3.63, 3.8) is 0 Å². The van der Waals surface area contributed by atoms with E-state index in [9.17, 15) is 4.79 Å². The molecule has 5 rings (SSSR count). The second kappa shape index (κ2) is 7.05. The first-order valence-corrected chi connectivity index (χ1v) is 10.6. The molecule has 2 atom stereocenters. The number of ether oxygens (including phenoxy) is 1. The molecule has 1 fully saturated rings. The zero-order chi connectivity index (χ0) is 19.3. The number of amides is 1. The van der Waals surface area contributed by atoms with Crippen LogP contribution in [0.3, 0.4) is 0 Å². The van der Waals surface area contributed by atoms with Gasteiger partial charge in [0.25, 0.3) is 0 Å². The van der Waals surface area contributed by atoms with Crippen LogP contribution in [0, 0.1) is 11.8 Å². The Balaban J connectivity index is 1.56. The van der Waals surface area contributed by atoms with Gasteiger partial charge >= 0.3 is 0 Å². The molecule has 1 aromatic heterocycles. The van der Waals surface area contributed by atoms with E-state index in [0.717, 1.165) is 45.8 Å². The van der Waals surface area contributed by atoms with E-state index >= 15 is 0 Å². The van der Waals surface area contributed by atoms with Gasteiger partial charge < -0.3 is 14.6 Å². The molecule has 28 heavy (non-hydrogen) atoms. The third kappa shape index (κ3) is 2.80. The van der Waals surface area contributed by atoms with E-state index in [2.05, 4.69) is 54.2 Å².